The second kappa shape index (κ2) is 4.72. The van der Waals surface area contributed by atoms with Gasteiger partial charge in [-0.1, -0.05) is 6.07 Å². The zero-order valence-corrected chi connectivity index (χ0v) is 8.10. The lowest BCUT2D eigenvalue weighted by atomic mass is 10.2. The number of phenols is 1. The molecule has 1 aromatic rings. The molecule has 0 bridgehead atoms. The number of ether oxygens (including phenoxy) is 1. The number of nitrogens with two attached hydrogens (primary N) is 1. The highest BCUT2D eigenvalue weighted by Crippen LogP contribution is 2.29. The fraction of sp³-hybridized carbons (Fsp3) is 0.400. The van der Waals surface area contributed by atoms with Gasteiger partial charge in [-0.15, -0.1) is 0 Å². The van der Waals surface area contributed by atoms with Crippen molar-refractivity contribution >= 4 is 5.69 Å². The van der Waals surface area contributed by atoms with Gasteiger partial charge in [-0.2, -0.15) is 0 Å². The molecule has 4 N–H and O–H groups in total. The Morgan fingerprint density at radius 2 is 2.21 bits per heavy atom. The van der Waals surface area contributed by atoms with Crippen LogP contribution in [0.2, 0.25) is 0 Å². The van der Waals surface area contributed by atoms with Crippen molar-refractivity contribution in [3.63, 3.8) is 0 Å². The summed E-state index contributed by atoms with van der Waals surface area (Å²) in [5.74, 6) is 0.463. The van der Waals surface area contributed by atoms with Gasteiger partial charge in [0.15, 0.2) is 0 Å². The van der Waals surface area contributed by atoms with Crippen molar-refractivity contribution in [2.75, 3.05) is 12.3 Å². The average molecular weight is 197 g/mol. The minimum Gasteiger partial charge on any atom is -0.506 e. The number of benzene rings is 1. The second-order valence-electron chi connectivity index (χ2n) is 3.18. The Bertz CT molecular complexity index is 299. The van der Waals surface area contributed by atoms with Gasteiger partial charge in [-0.3, -0.25) is 0 Å². The van der Waals surface area contributed by atoms with E-state index >= 15 is 0 Å². The van der Waals surface area contributed by atoms with Crippen LogP contribution in [0, 0.1) is 0 Å². The van der Waals surface area contributed by atoms with Crippen molar-refractivity contribution in [1.29, 1.82) is 0 Å². The largest absolute Gasteiger partial charge is 0.506 e. The third-order valence-electron chi connectivity index (χ3n) is 1.84. The predicted octanol–water partition coefficient (Wildman–Crippen LogP) is 1.12. The molecule has 0 spiro atoms. The Morgan fingerprint density at radius 1 is 1.50 bits per heavy atom. The number of anilines is 1. The van der Waals surface area contributed by atoms with Crippen LogP contribution in [-0.4, -0.2) is 22.9 Å². The number of aliphatic hydroxyl groups is 1. The van der Waals surface area contributed by atoms with Crippen molar-refractivity contribution in [1.82, 2.24) is 0 Å². The molecule has 0 aliphatic rings. The molecule has 0 aromatic heterocycles. The van der Waals surface area contributed by atoms with E-state index in [9.17, 15) is 5.11 Å². The number of aliphatic hydroxyl groups excluding tert-OH is 1. The maximum Gasteiger partial charge on any atom is 0.145 e. The van der Waals surface area contributed by atoms with Crippen molar-refractivity contribution in [2.24, 2.45) is 0 Å². The molecule has 0 saturated carbocycles. The van der Waals surface area contributed by atoms with E-state index in [1.165, 1.54) is 6.07 Å². The van der Waals surface area contributed by atoms with Gasteiger partial charge in [-0.05, 0) is 19.1 Å². The first kappa shape index (κ1) is 10.7. The van der Waals surface area contributed by atoms with Gasteiger partial charge < -0.3 is 20.7 Å². The van der Waals surface area contributed by atoms with Crippen molar-refractivity contribution in [3.05, 3.63) is 18.2 Å². The van der Waals surface area contributed by atoms with Gasteiger partial charge in [0.2, 0.25) is 0 Å². The van der Waals surface area contributed by atoms with Crippen LogP contribution in [0.4, 0.5) is 5.69 Å². The highest BCUT2D eigenvalue weighted by atomic mass is 16.5. The number of nitrogen functional groups attached to an aromatic ring is 1. The summed E-state index contributed by atoms with van der Waals surface area (Å²) in [5.41, 5.74) is 5.80. The molecule has 1 unspecified atom stereocenters. The van der Waals surface area contributed by atoms with Crippen LogP contribution in [0.25, 0.3) is 0 Å². The Balaban J connectivity index is 2.54. The van der Waals surface area contributed by atoms with Crippen LogP contribution in [0.1, 0.15) is 13.3 Å². The molecule has 4 nitrogen and oxygen atoms in total. The second-order valence-corrected chi connectivity index (χ2v) is 3.18. The summed E-state index contributed by atoms with van der Waals surface area (Å²) in [6, 6.07) is 4.83. The minimum absolute atomic E-state index is 0.0135. The molecule has 0 saturated heterocycles. The molecule has 4 heteroatoms. The fourth-order valence-electron chi connectivity index (χ4n) is 0.998. The quantitative estimate of drug-likeness (QED) is 0.499. The summed E-state index contributed by atoms with van der Waals surface area (Å²) in [4.78, 5) is 0. The molecular weight excluding hydrogens is 182 g/mol. The topological polar surface area (TPSA) is 75.7 Å². The molecule has 0 amide bonds. The van der Waals surface area contributed by atoms with E-state index in [4.69, 9.17) is 15.6 Å². The Kier molecular flexibility index (Phi) is 3.59. The number of hydrogen-bond donors (Lipinski definition) is 3. The van der Waals surface area contributed by atoms with E-state index in [2.05, 4.69) is 0 Å². The molecule has 0 aliphatic heterocycles. The summed E-state index contributed by atoms with van der Waals surface area (Å²) >= 11 is 0. The van der Waals surface area contributed by atoms with E-state index in [0.29, 0.717) is 18.8 Å². The smallest absolute Gasteiger partial charge is 0.145 e. The van der Waals surface area contributed by atoms with E-state index in [-0.39, 0.29) is 11.4 Å². The molecule has 14 heavy (non-hydrogen) atoms. The number of phenolic OH excluding ortho intramolecular Hbond substituents is 1. The van der Waals surface area contributed by atoms with E-state index in [1.807, 2.05) is 0 Å². The van der Waals surface area contributed by atoms with Gasteiger partial charge in [0.1, 0.15) is 17.2 Å². The average Bonchev–Trinajstić information content (AvgIpc) is 2.12. The first-order valence-electron chi connectivity index (χ1n) is 4.49. The lowest BCUT2D eigenvalue weighted by Crippen LogP contribution is -2.08. The van der Waals surface area contributed by atoms with E-state index < -0.39 is 6.10 Å². The van der Waals surface area contributed by atoms with Gasteiger partial charge in [0.05, 0.1) is 12.7 Å². The fourth-order valence-corrected chi connectivity index (χ4v) is 0.998. The molecular formula is C10H15NO3. The number of aromatic hydroxyl groups is 1. The number of hydrogen-bond acceptors (Lipinski definition) is 4. The SMILES string of the molecule is CC(O)CCOc1cccc(O)c1N. The zero-order chi connectivity index (χ0) is 10.6. The highest BCUT2D eigenvalue weighted by molar-refractivity contribution is 5.61. The summed E-state index contributed by atoms with van der Waals surface area (Å²) in [6.45, 7) is 2.07. The molecule has 0 radical (unpaired) electrons. The summed E-state index contributed by atoms with van der Waals surface area (Å²) in [5, 5.41) is 18.2. The number of para-hydroxylation sites is 1. The zero-order valence-electron chi connectivity index (χ0n) is 8.10. The third-order valence-corrected chi connectivity index (χ3v) is 1.84. The van der Waals surface area contributed by atoms with Crippen LogP contribution >= 0.6 is 0 Å². The highest BCUT2D eigenvalue weighted by Gasteiger charge is 2.04. The van der Waals surface area contributed by atoms with Crippen molar-refractivity contribution in [3.8, 4) is 11.5 Å². The van der Waals surface area contributed by atoms with Gasteiger partial charge in [0.25, 0.3) is 0 Å². The van der Waals surface area contributed by atoms with Crippen LogP contribution in [0.3, 0.4) is 0 Å². The standard InChI is InChI=1S/C10H15NO3/c1-7(12)5-6-14-9-4-2-3-8(13)10(9)11/h2-4,7,12-13H,5-6,11H2,1H3. The first-order valence-corrected chi connectivity index (χ1v) is 4.49. The molecule has 1 aromatic carbocycles. The summed E-state index contributed by atoms with van der Waals surface area (Å²) in [7, 11) is 0. The van der Waals surface area contributed by atoms with Gasteiger partial charge in [-0.25, -0.2) is 0 Å². The lowest BCUT2D eigenvalue weighted by molar-refractivity contribution is 0.156. The Hall–Kier alpha value is -1.42. The van der Waals surface area contributed by atoms with Crippen LogP contribution < -0.4 is 10.5 Å². The molecule has 1 atom stereocenters. The van der Waals surface area contributed by atoms with Crippen molar-refractivity contribution < 1.29 is 14.9 Å². The maximum atomic E-state index is 9.25. The third kappa shape index (κ3) is 2.81. The maximum absolute atomic E-state index is 9.25. The molecule has 0 heterocycles. The number of rotatable bonds is 4. The van der Waals surface area contributed by atoms with Crippen LogP contribution in [0.5, 0.6) is 11.5 Å². The van der Waals surface area contributed by atoms with E-state index in [1.54, 1.807) is 19.1 Å². The normalized spacial score (nSPS) is 12.4. The Labute approximate surface area is 82.9 Å². The minimum atomic E-state index is -0.395. The summed E-state index contributed by atoms with van der Waals surface area (Å²) in [6.07, 6.45) is 0.142. The molecule has 78 valence electrons. The first-order chi connectivity index (χ1) is 6.61. The lowest BCUT2D eigenvalue weighted by Gasteiger charge is -2.10. The van der Waals surface area contributed by atoms with Crippen molar-refractivity contribution in [2.45, 2.75) is 19.4 Å². The predicted molar refractivity (Wildman–Crippen MR) is 54.3 cm³/mol. The molecule has 0 fully saturated rings. The Morgan fingerprint density at radius 3 is 2.86 bits per heavy atom. The molecule has 1 rings (SSSR count). The van der Waals surface area contributed by atoms with Gasteiger partial charge in [0, 0.05) is 6.42 Å². The van der Waals surface area contributed by atoms with Crippen LogP contribution in [0.15, 0.2) is 18.2 Å². The van der Waals surface area contributed by atoms with E-state index in [0.717, 1.165) is 0 Å². The van der Waals surface area contributed by atoms with Gasteiger partial charge >= 0.3 is 0 Å². The van der Waals surface area contributed by atoms with Crippen LogP contribution in [-0.2, 0) is 0 Å². The molecule has 0 aliphatic carbocycles. The summed E-state index contributed by atoms with van der Waals surface area (Å²) < 4.78 is 5.28. The monoisotopic (exact) mass is 197 g/mol.